The quantitative estimate of drug-likeness (QED) is 0.772. The monoisotopic (exact) mass is 373 g/mol. The highest BCUT2D eigenvalue weighted by atomic mass is 32.2. The maximum absolute atomic E-state index is 12.4. The highest BCUT2D eigenvalue weighted by Crippen LogP contribution is 2.48. The van der Waals surface area contributed by atoms with Crippen LogP contribution in [0.2, 0.25) is 0 Å². The number of ether oxygens (including phenoxy) is 1. The summed E-state index contributed by atoms with van der Waals surface area (Å²) in [5.41, 5.74) is 1.65. The molecule has 0 radical (unpaired) electrons. The molecule has 1 saturated heterocycles. The molecule has 2 aliphatic heterocycles. The smallest absolute Gasteiger partial charge is 0.313 e. The van der Waals surface area contributed by atoms with Gasteiger partial charge in [-0.15, -0.1) is 0 Å². The minimum Gasteiger partial charge on any atom is -0.488 e. The fourth-order valence-electron chi connectivity index (χ4n) is 3.85. The van der Waals surface area contributed by atoms with E-state index in [1.165, 1.54) is 0 Å². The molecule has 138 valence electrons. The standard InChI is InChI=1S/C20H23NO4S/c1-20-10-11-21(2)13-19(20)24-18-9-8-16(12-17(18)20)25-26(22,23)14-15-6-4-3-5-7-15/h3-9,12,19H,10-11,13-14H2,1-2H3. The molecule has 5 nitrogen and oxygen atoms in total. The summed E-state index contributed by atoms with van der Waals surface area (Å²) in [6.45, 7) is 4.06. The Kier molecular flexibility index (Phi) is 4.20. The van der Waals surface area contributed by atoms with E-state index in [0.717, 1.165) is 30.8 Å². The van der Waals surface area contributed by atoms with E-state index in [0.29, 0.717) is 11.3 Å². The fraction of sp³-hybridized carbons (Fsp3) is 0.400. The zero-order valence-corrected chi connectivity index (χ0v) is 15.8. The Balaban J connectivity index is 1.57. The topological polar surface area (TPSA) is 55.8 Å². The maximum atomic E-state index is 12.4. The van der Waals surface area contributed by atoms with Crippen LogP contribution in [0.1, 0.15) is 24.5 Å². The average molecular weight is 373 g/mol. The van der Waals surface area contributed by atoms with Crippen LogP contribution in [0.3, 0.4) is 0 Å². The van der Waals surface area contributed by atoms with Gasteiger partial charge in [-0.2, -0.15) is 8.42 Å². The van der Waals surface area contributed by atoms with Crippen molar-refractivity contribution in [2.45, 2.75) is 30.6 Å². The number of likely N-dealkylation sites (N-methyl/N-ethyl adjacent to an activating group) is 1. The summed E-state index contributed by atoms with van der Waals surface area (Å²) in [7, 11) is -1.62. The van der Waals surface area contributed by atoms with Gasteiger partial charge in [0.1, 0.15) is 23.4 Å². The van der Waals surface area contributed by atoms with Crippen LogP contribution in [0.4, 0.5) is 0 Å². The van der Waals surface area contributed by atoms with E-state index in [2.05, 4.69) is 18.9 Å². The molecule has 0 saturated carbocycles. The van der Waals surface area contributed by atoms with Gasteiger partial charge in [0.25, 0.3) is 0 Å². The summed E-state index contributed by atoms with van der Waals surface area (Å²) in [4.78, 5) is 2.26. The molecule has 0 aromatic heterocycles. The molecule has 0 N–H and O–H groups in total. The molecule has 2 atom stereocenters. The summed E-state index contributed by atoms with van der Waals surface area (Å²) in [5.74, 6) is 1.04. The molecule has 2 heterocycles. The molecule has 0 bridgehead atoms. The lowest BCUT2D eigenvalue weighted by Gasteiger charge is -2.39. The van der Waals surface area contributed by atoms with E-state index < -0.39 is 10.1 Å². The molecule has 2 unspecified atom stereocenters. The average Bonchev–Trinajstić information content (AvgIpc) is 2.87. The van der Waals surface area contributed by atoms with Gasteiger partial charge in [-0.25, -0.2) is 0 Å². The molecule has 0 aliphatic carbocycles. The number of nitrogens with zero attached hydrogens (tertiary/aromatic N) is 1. The first-order valence-electron chi connectivity index (χ1n) is 8.82. The Morgan fingerprint density at radius 3 is 2.77 bits per heavy atom. The van der Waals surface area contributed by atoms with Gasteiger partial charge in [0.15, 0.2) is 0 Å². The summed E-state index contributed by atoms with van der Waals surface area (Å²) in [6.07, 6.45) is 1.06. The normalized spacial score (nSPS) is 25.2. The van der Waals surface area contributed by atoms with E-state index in [4.69, 9.17) is 8.92 Å². The molecule has 6 heteroatoms. The van der Waals surface area contributed by atoms with Gasteiger partial charge in [0.2, 0.25) is 0 Å². The second-order valence-corrected chi connectivity index (χ2v) is 9.04. The third kappa shape index (κ3) is 3.19. The Morgan fingerprint density at radius 2 is 2.00 bits per heavy atom. The van der Waals surface area contributed by atoms with Crippen molar-refractivity contribution < 1.29 is 17.3 Å². The lowest BCUT2D eigenvalue weighted by atomic mass is 9.74. The van der Waals surface area contributed by atoms with Crippen molar-refractivity contribution in [3.8, 4) is 11.5 Å². The summed E-state index contributed by atoms with van der Waals surface area (Å²) in [5, 5.41) is 0. The summed E-state index contributed by atoms with van der Waals surface area (Å²) < 4.78 is 36.3. The van der Waals surface area contributed by atoms with Gasteiger partial charge in [-0.1, -0.05) is 37.3 Å². The van der Waals surface area contributed by atoms with Crippen LogP contribution >= 0.6 is 0 Å². The predicted octanol–water partition coefficient (Wildman–Crippen LogP) is 2.95. The van der Waals surface area contributed by atoms with Gasteiger partial charge in [-0.3, -0.25) is 0 Å². The Hall–Kier alpha value is -2.05. The highest BCUT2D eigenvalue weighted by molar-refractivity contribution is 7.86. The first-order valence-corrected chi connectivity index (χ1v) is 10.4. The van der Waals surface area contributed by atoms with E-state index in [-0.39, 0.29) is 17.3 Å². The minimum absolute atomic E-state index is 0.0902. The third-order valence-electron chi connectivity index (χ3n) is 5.45. The predicted molar refractivity (Wildman–Crippen MR) is 100 cm³/mol. The number of rotatable bonds is 4. The molecule has 2 aromatic carbocycles. The first-order chi connectivity index (χ1) is 12.4. The van der Waals surface area contributed by atoms with Crippen molar-refractivity contribution in [1.82, 2.24) is 4.90 Å². The van der Waals surface area contributed by atoms with Gasteiger partial charge in [-0.05, 0) is 43.8 Å². The van der Waals surface area contributed by atoms with E-state index in [9.17, 15) is 8.42 Å². The molecular formula is C20H23NO4S. The molecule has 1 fully saturated rings. The van der Waals surface area contributed by atoms with Crippen LogP contribution in [0.25, 0.3) is 0 Å². The van der Waals surface area contributed by atoms with E-state index in [1.807, 2.05) is 30.3 Å². The van der Waals surface area contributed by atoms with Crippen LogP contribution in [-0.4, -0.2) is 39.6 Å². The molecular weight excluding hydrogens is 350 g/mol. The van der Waals surface area contributed by atoms with Crippen LogP contribution < -0.4 is 8.92 Å². The number of hydrogen-bond donors (Lipinski definition) is 0. The number of likely N-dealkylation sites (tertiary alicyclic amines) is 1. The van der Waals surface area contributed by atoms with Crippen molar-refractivity contribution in [1.29, 1.82) is 0 Å². The number of hydrogen-bond acceptors (Lipinski definition) is 5. The molecule has 0 spiro atoms. The second-order valence-electron chi connectivity index (χ2n) is 7.47. The number of piperidine rings is 1. The second kappa shape index (κ2) is 6.28. The Morgan fingerprint density at radius 1 is 1.23 bits per heavy atom. The summed E-state index contributed by atoms with van der Waals surface area (Å²) >= 11 is 0. The van der Waals surface area contributed by atoms with E-state index in [1.54, 1.807) is 18.2 Å². The van der Waals surface area contributed by atoms with Gasteiger partial charge in [0.05, 0.1) is 0 Å². The SMILES string of the molecule is CN1CCC2(C)c3cc(OS(=O)(=O)Cc4ccccc4)ccc3OC2C1. The van der Waals surface area contributed by atoms with Crippen LogP contribution in [0, 0.1) is 0 Å². The Labute approximate surface area is 154 Å². The lowest BCUT2D eigenvalue weighted by molar-refractivity contribution is 0.0640. The third-order valence-corrected chi connectivity index (χ3v) is 6.58. The van der Waals surface area contributed by atoms with Gasteiger partial charge in [0, 0.05) is 17.5 Å². The van der Waals surface area contributed by atoms with Crippen molar-refractivity contribution in [2.24, 2.45) is 0 Å². The number of fused-ring (bicyclic) bond motifs is 3. The van der Waals surface area contributed by atoms with Crippen molar-refractivity contribution in [3.63, 3.8) is 0 Å². The largest absolute Gasteiger partial charge is 0.488 e. The summed E-state index contributed by atoms with van der Waals surface area (Å²) in [6, 6.07) is 14.4. The zero-order valence-electron chi connectivity index (χ0n) is 15.0. The van der Waals surface area contributed by atoms with Crippen LogP contribution in [0.15, 0.2) is 48.5 Å². The van der Waals surface area contributed by atoms with Crippen molar-refractivity contribution >= 4 is 10.1 Å². The van der Waals surface area contributed by atoms with Gasteiger partial charge >= 0.3 is 10.1 Å². The number of benzene rings is 2. The molecule has 4 rings (SSSR count). The van der Waals surface area contributed by atoms with E-state index >= 15 is 0 Å². The highest BCUT2D eigenvalue weighted by Gasteiger charge is 2.48. The van der Waals surface area contributed by atoms with Gasteiger partial charge < -0.3 is 13.8 Å². The van der Waals surface area contributed by atoms with Crippen molar-refractivity contribution in [2.75, 3.05) is 20.1 Å². The molecule has 2 aromatic rings. The first kappa shape index (κ1) is 17.4. The molecule has 26 heavy (non-hydrogen) atoms. The fourth-order valence-corrected chi connectivity index (χ4v) is 4.91. The lowest BCUT2D eigenvalue weighted by Crippen LogP contribution is -2.50. The molecule has 0 amide bonds. The van der Waals surface area contributed by atoms with Crippen LogP contribution in [-0.2, 0) is 21.3 Å². The minimum atomic E-state index is -3.71. The van der Waals surface area contributed by atoms with Crippen LogP contribution in [0.5, 0.6) is 11.5 Å². The zero-order chi connectivity index (χ0) is 18.4. The Bertz CT molecular complexity index is 913. The molecule has 2 aliphatic rings. The maximum Gasteiger partial charge on any atom is 0.313 e. The van der Waals surface area contributed by atoms with Crippen molar-refractivity contribution in [3.05, 3.63) is 59.7 Å².